The molecule has 18 heavy (non-hydrogen) atoms. The molecule has 0 rings (SSSR count). The summed E-state index contributed by atoms with van der Waals surface area (Å²) in [7, 11) is -1.53. The number of hydrogen-bond acceptors (Lipinski definition) is 2. The minimum atomic E-state index is -1.53. The molecule has 3 heteroatoms. The molecule has 0 radical (unpaired) electrons. The first-order chi connectivity index (χ1) is 8.17. The van der Waals surface area contributed by atoms with Crippen molar-refractivity contribution >= 4 is 8.32 Å². The van der Waals surface area contributed by atoms with Crippen molar-refractivity contribution in [2.75, 3.05) is 6.61 Å². The molecule has 1 atom stereocenters. The lowest BCUT2D eigenvalue weighted by Crippen LogP contribution is -2.40. The molecule has 0 aliphatic rings. The van der Waals surface area contributed by atoms with E-state index in [1.807, 2.05) is 6.92 Å². The smallest absolute Gasteiger partial charge is 0.191 e. The second kappa shape index (κ2) is 8.34. The fraction of sp³-hybridized carbons (Fsp3) is 1.00. The molecule has 0 fully saturated rings. The Morgan fingerprint density at radius 1 is 1.00 bits per heavy atom. The van der Waals surface area contributed by atoms with E-state index >= 15 is 0 Å². The molecule has 0 spiro atoms. The van der Waals surface area contributed by atoms with E-state index in [1.165, 1.54) is 25.7 Å². The lowest BCUT2D eigenvalue weighted by molar-refractivity contribution is 0.180. The second-order valence-corrected chi connectivity index (χ2v) is 11.8. The molecule has 0 unspecified atom stereocenters. The molecule has 0 aliphatic heterocycles. The van der Waals surface area contributed by atoms with Crippen LogP contribution in [0, 0.1) is 0 Å². The number of rotatable bonds is 9. The molecule has 2 nitrogen and oxygen atoms in total. The lowest BCUT2D eigenvalue weighted by atomic mass is 10.1. The highest BCUT2D eigenvalue weighted by Crippen LogP contribution is 2.36. The third-order valence-corrected chi connectivity index (χ3v) is 8.57. The Kier molecular flexibility index (Phi) is 8.40. The fourth-order valence-electron chi connectivity index (χ4n) is 1.62. The van der Waals surface area contributed by atoms with Gasteiger partial charge in [-0.1, -0.05) is 46.5 Å². The first-order valence-electron chi connectivity index (χ1n) is 7.49. The Balaban J connectivity index is 3.46. The largest absolute Gasteiger partial charge is 0.417 e. The van der Waals surface area contributed by atoms with E-state index < -0.39 is 8.32 Å². The van der Waals surface area contributed by atoms with Gasteiger partial charge in [-0.05, 0) is 37.9 Å². The Hall–Kier alpha value is 0.137. The van der Waals surface area contributed by atoms with Crippen molar-refractivity contribution in [3.05, 3.63) is 0 Å². The van der Waals surface area contributed by atoms with Gasteiger partial charge in [-0.2, -0.15) is 0 Å². The normalized spacial score (nSPS) is 14.8. The molecule has 0 aromatic heterocycles. The zero-order valence-electron chi connectivity index (χ0n) is 13.4. The number of hydrogen-bond donors (Lipinski definition) is 1. The van der Waals surface area contributed by atoms with E-state index in [1.54, 1.807) is 0 Å². The van der Waals surface area contributed by atoms with Gasteiger partial charge >= 0.3 is 0 Å². The summed E-state index contributed by atoms with van der Waals surface area (Å²) in [4.78, 5) is 0. The van der Waals surface area contributed by atoms with Gasteiger partial charge in [0, 0.05) is 6.61 Å². The summed E-state index contributed by atoms with van der Waals surface area (Å²) in [5.41, 5.74) is 0. The summed E-state index contributed by atoms with van der Waals surface area (Å²) in [5.74, 6) is 0. The van der Waals surface area contributed by atoms with Crippen LogP contribution >= 0.6 is 0 Å². The summed E-state index contributed by atoms with van der Waals surface area (Å²) in [6, 6.07) is 0. The van der Waals surface area contributed by atoms with Crippen molar-refractivity contribution in [2.45, 2.75) is 90.5 Å². The highest BCUT2D eigenvalue weighted by atomic mass is 28.4. The molecule has 0 saturated heterocycles. The van der Waals surface area contributed by atoms with E-state index in [4.69, 9.17) is 9.53 Å². The van der Waals surface area contributed by atoms with Crippen LogP contribution in [0.25, 0.3) is 0 Å². The van der Waals surface area contributed by atoms with Crippen LogP contribution in [0.4, 0.5) is 0 Å². The van der Waals surface area contributed by atoms with Gasteiger partial charge in [0.25, 0.3) is 0 Å². The van der Waals surface area contributed by atoms with Crippen LogP contribution in [0.15, 0.2) is 0 Å². The van der Waals surface area contributed by atoms with Gasteiger partial charge in [0.05, 0.1) is 6.10 Å². The van der Waals surface area contributed by atoms with Crippen molar-refractivity contribution in [3.8, 4) is 0 Å². The van der Waals surface area contributed by atoms with Crippen molar-refractivity contribution in [3.63, 3.8) is 0 Å². The maximum atomic E-state index is 9.14. The van der Waals surface area contributed by atoms with Crippen molar-refractivity contribution in [1.29, 1.82) is 0 Å². The summed E-state index contributed by atoms with van der Waals surface area (Å²) >= 11 is 0. The third-order valence-electron chi connectivity index (χ3n) is 4.04. The zero-order valence-corrected chi connectivity index (χ0v) is 14.4. The molecule has 0 heterocycles. The SMILES string of the molecule is C[C@H](O)CCCCCCCO[Si](C)(C)C(C)(C)C. The van der Waals surface area contributed by atoms with Crippen LogP contribution in [0.3, 0.4) is 0 Å². The molecule has 0 amide bonds. The van der Waals surface area contributed by atoms with Gasteiger partial charge in [0.15, 0.2) is 8.32 Å². The van der Waals surface area contributed by atoms with Gasteiger partial charge in [-0.15, -0.1) is 0 Å². The first-order valence-corrected chi connectivity index (χ1v) is 10.4. The monoisotopic (exact) mass is 274 g/mol. The highest BCUT2D eigenvalue weighted by molar-refractivity contribution is 6.74. The van der Waals surface area contributed by atoms with E-state index in [0.717, 1.165) is 19.4 Å². The van der Waals surface area contributed by atoms with E-state index in [9.17, 15) is 0 Å². The van der Waals surface area contributed by atoms with Gasteiger partial charge in [0.2, 0.25) is 0 Å². The highest BCUT2D eigenvalue weighted by Gasteiger charge is 2.36. The lowest BCUT2D eigenvalue weighted by Gasteiger charge is -2.36. The van der Waals surface area contributed by atoms with E-state index in [-0.39, 0.29) is 6.10 Å². The average Bonchev–Trinajstić information content (AvgIpc) is 2.19. The van der Waals surface area contributed by atoms with Crippen molar-refractivity contribution in [1.82, 2.24) is 0 Å². The van der Waals surface area contributed by atoms with Crippen LogP contribution in [-0.4, -0.2) is 26.1 Å². The minimum Gasteiger partial charge on any atom is -0.417 e. The fourth-order valence-corrected chi connectivity index (χ4v) is 2.70. The van der Waals surface area contributed by atoms with Crippen LogP contribution in [0.1, 0.15) is 66.2 Å². The van der Waals surface area contributed by atoms with Crippen LogP contribution < -0.4 is 0 Å². The summed E-state index contributed by atoms with van der Waals surface area (Å²) < 4.78 is 6.14. The molecule has 0 aliphatic carbocycles. The Morgan fingerprint density at radius 3 is 2.00 bits per heavy atom. The molecule has 0 bridgehead atoms. The Morgan fingerprint density at radius 2 is 1.50 bits per heavy atom. The topological polar surface area (TPSA) is 29.5 Å². The predicted octanol–water partition coefficient (Wildman–Crippen LogP) is 4.73. The van der Waals surface area contributed by atoms with Gasteiger partial charge in [-0.3, -0.25) is 0 Å². The summed E-state index contributed by atoms with van der Waals surface area (Å²) in [6.07, 6.45) is 6.92. The number of aliphatic hydroxyl groups is 1. The van der Waals surface area contributed by atoms with Crippen LogP contribution in [0.5, 0.6) is 0 Å². The van der Waals surface area contributed by atoms with Crippen molar-refractivity contribution < 1.29 is 9.53 Å². The average molecular weight is 275 g/mol. The van der Waals surface area contributed by atoms with Crippen LogP contribution in [-0.2, 0) is 4.43 Å². The molecule has 0 aromatic rings. The number of unbranched alkanes of at least 4 members (excludes halogenated alkanes) is 4. The molecular formula is C15H34O2Si. The Bertz CT molecular complexity index is 207. The summed E-state index contributed by atoms with van der Waals surface area (Å²) in [6.45, 7) is 14.3. The number of aliphatic hydroxyl groups excluding tert-OH is 1. The quantitative estimate of drug-likeness (QED) is 0.486. The van der Waals surface area contributed by atoms with E-state index in [0.29, 0.717) is 5.04 Å². The zero-order chi connectivity index (χ0) is 14.2. The molecule has 1 N–H and O–H groups in total. The molecular weight excluding hydrogens is 240 g/mol. The van der Waals surface area contributed by atoms with Gasteiger partial charge in [-0.25, -0.2) is 0 Å². The van der Waals surface area contributed by atoms with Crippen molar-refractivity contribution in [2.24, 2.45) is 0 Å². The summed E-state index contributed by atoms with van der Waals surface area (Å²) in [5, 5.41) is 9.47. The van der Waals surface area contributed by atoms with Gasteiger partial charge in [0.1, 0.15) is 0 Å². The third kappa shape index (κ3) is 8.28. The second-order valence-electron chi connectivity index (χ2n) is 7.01. The first kappa shape index (κ1) is 18.1. The standard InChI is InChI=1S/C15H34O2Si/c1-14(16)12-10-8-7-9-11-13-17-18(5,6)15(2,3)4/h14,16H,7-13H2,1-6H3/t14-/m0/s1. The molecule has 0 saturated carbocycles. The van der Waals surface area contributed by atoms with Gasteiger partial charge < -0.3 is 9.53 Å². The minimum absolute atomic E-state index is 0.132. The molecule has 0 aromatic carbocycles. The maximum absolute atomic E-state index is 9.14. The van der Waals surface area contributed by atoms with Crippen LogP contribution in [0.2, 0.25) is 18.1 Å². The Labute approximate surface area is 115 Å². The predicted molar refractivity (Wildman–Crippen MR) is 82.5 cm³/mol. The maximum Gasteiger partial charge on any atom is 0.191 e. The molecule has 110 valence electrons. The van der Waals surface area contributed by atoms with E-state index in [2.05, 4.69) is 33.9 Å².